The zero-order valence-electron chi connectivity index (χ0n) is 17.3. The predicted octanol–water partition coefficient (Wildman–Crippen LogP) is 2.16. The maximum atomic E-state index is 12.6. The minimum Gasteiger partial charge on any atom is -0.405 e. The van der Waals surface area contributed by atoms with Gasteiger partial charge in [-0.05, 0) is 18.9 Å². The van der Waals surface area contributed by atoms with E-state index >= 15 is 0 Å². The zero-order valence-corrected chi connectivity index (χ0v) is 17.3. The zero-order chi connectivity index (χ0) is 22.3. The molecule has 0 unspecified atom stereocenters. The lowest BCUT2D eigenvalue weighted by Crippen LogP contribution is -2.46. The van der Waals surface area contributed by atoms with Crippen molar-refractivity contribution in [2.45, 2.75) is 32.2 Å². The molecule has 1 aromatic rings. The van der Waals surface area contributed by atoms with Gasteiger partial charge in [0.2, 0.25) is 11.8 Å². The highest BCUT2D eigenvalue weighted by Gasteiger charge is 2.33. The molecule has 0 saturated carbocycles. The number of benzene rings is 1. The first-order valence-electron chi connectivity index (χ1n) is 10.5. The molecular formula is C21H28F3N3O4. The second-order valence-electron chi connectivity index (χ2n) is 7.76. The van der Waals surface area contributed by atoms with Crippen LogP contribution in [-0.2, 0) is 20.9 Å². The van der Waals surface area contributed by atoms with Crippen molar-refractivity contribution in [3.8, 4) is 5.75 Å². The third-order valence-electron chi connectivity index (χ3n) is 5.53. The van der Waals surface area contributed by atoms with E-state index < -0.39 is 6.36 Å². The second kappa shape index (κ2) is 10.8. The van der Waals surface area contributed by atoms with Crippen molar-refractivity contribution in [2.24, 2.45) is 5.92 Å². The number of piperidine rings is 1. The minimum absolute atomic E-state index is 0.0370. The van der Waals surface area contributed by atoms with Gasteiger partial charge in [0.1, 0.15) is 5.75 Å². The number of morpholine rings is 1. The number of hydrogen-bond donors (Lipinski definition) is 1. The van der Waals surface area contributed by atoms with Gasteiger partial charge in [-0.3, -0.25) is 14.5 Å². The first kappa shape index (κ1) is 23.3. The van der Waals surface area contributed by atoms with Crippen LogP contribution in [0.2, 0.25) is 0 Å². The molecular weight excluding hydrogens is 415 g/mol. The number of para-hydroxylation sites is 1. The van der Waals surface area contributed by atoms with Crippen molar-refractivity contribution in [1.29, 1.82) is 0 Å². The van der Waals surface area contributed by atoms with Gasteiger partial charge in [-0.25, -0.2) is 0 Å². The molecule has 0 aliphatic carbocycles. The van der Waals surface area contributed by atoms with Crippen LogP contribution in [0.5, 0.6) is 5.75 Å². The van der Waals surface area contributed by atoms with Gasteiger partial charge in [-0.2, -0.15) is 0 Å². The van der Waals surface area contributed by atoms with Gasteiger partial charge in [-0.15, -0.1) is 13.2 Å². The van der Waals surface area contributed by atoms with Crippen LogP contribution in [-0.4, -0.2) is 73.9 Å². The monoisotopic (exact) mass is 443 g/mol. The molecule has 172 valence electrons. The molecule has 2 aliphatic heterocycles. The van der Waals surface area contributed by atoms with E-state index in [4.69, 9.17) is 4.74 Å². The number of ether oxygens (including phenoxy) is 2. The Morgan fingerprint density at radius 2 is 1.94 bits per heavy atom. The quantitative estimate of drug-likeness (QED) is 0.667. The fourth-order valence-corrected chi connectivity index (χ4v) is 3.86. The molecule has 2 heterocycles. The molecule has 7 nitrogen and oxygen atoms in total. The maximum absolute atomic E-state index is 12.6. The molecule has 1 aromatic carbocycles. The van der Waals surface area contributed by atoms with Gasteiger partial charge in [0, 0.05) is 51.3 Å². The van der Waals surface area contributed by atoms with E-state index in [1.165, 1.54) is 18.2 Å². The lowest BCUT2D eigenvalue weighted by atomic mass is 9.96. The Hall–Kier alpha value is -2.33. The normalized spacial score (nSPS) is 20.5. The fraction of sp³-hybridized carbons (Fsp3) is 0.619. The van der Waals surface area contributed by atoms with Crippen molar-refractivity contribution >= 4 is 11.8 Å². The summed E-state index contributed by atoms with van der Waals surface area (Å²) in [5.41, 5.74) is 0.238. The highest BCUT2D eigenvalue weighted by molar-refractivity contribution is 5.83. The second-order valence-corrected chi connectivity index (χ2v) is 7.76. The first-order chi connectivity index (χ1) is 14.8. The number of carbonyl (C=O) groups excluding carboxylic acids is 2. The number of amides is 2. The summed E-state index contributed by atoms with van der Waals surface area (Å²) >= 11 is 0. The summed E-state index contributed by atoms with van der Waals surface area (Å²) in [5, 5.41) is 2.69. The maximum Gasteiger partial charge on any atom is 0.573 e. The third kappa shape index (κ3) is 7.39. The molecule has 0 bridgehead atoms. The van der Waals surface area contributed by atoms with E-state index in [1.807, 2.05) is 0 Å². The molecule has 1 atom stereocenters. The molecule has 2 saturated heterocycles. The summed E-state index contributed by atoms with van der Waals surface area (Å²) in [6, 6.07) is 5.71. The number of hydrogen-bond acceptors (Lipinski definition) is 5. The molecule has 10 heteroatoms. The molecule has 2 aliphatic rings. The van der Waals surface area contributed by atoms with Gasteiger partial charge in [0.05, 0.1) is 19.1 Å². The number of alkyl halides is 3. The van der Waals surface area contributed by atoms with Gasteiger partial charge < -0.3 is 19.7 Å². The Morgan fingerprint density at radius 3 is 2.68 bits per heavy atom. The van der Waals surface area contributed by atoms with E-state index in [2.05, 4.69) is 15.0 Å². The Kier molecular flexibility index (Phi) is 8.14. The van der Waals surface area contributed by atoms with E-state index in [0.29, 0.717) is 25.9 Å². The van der Waals surface area contributed by atoms with Gasteiger partial charge in [0.15, 0.2) is 0 Å². The van der Waals surface area contributed by atoms with Crippen LogP contribution < -0.4 is 10.1 Å². The number of halogens is 3. The Labute approximate surface area is 179 Å². The van der Waals surface area contributed by atoms with Crippen LogP contribution in [0.1, 0.15) is 24.8 Å². The minimum atomic E-state index is -4.80. The van der Waals surface area contributed by atoms with Gasteiger partial charge in [-0.1, -0.05) is 18.2 Å². The van der Waals surface area contributed by atoms with Gasteiger partial charge >= 0.3 is 6.36 Å². The summed E-state index contributed by atoms with van der Waals surface area (Å²) in [6.45, 7) is 4.93. The van der Waals surface area contributed by atoms with Crippen LogP contribution in [0.15, 0.2) is 24.3 Å². The fourth-order valence-electron chi connectivity index (χ4n) is 3.86. The molecule has 0 radical (unpaired) electrons. The van der Waals surface area contributed by atoms with Crippen LogP contribution in [0, 0.1) is 5.92 Å². The summed E-state index contributed by atoms with van der Waals surface area (Å²) in [6.07, 6.45) is -3.25. The molecule has 2 fully saturated rings. The van der Waals surface area contributed by atoms with E-state index in [9.17, 15) is 22.8 Å². The van der Waals surface area contributed by atoms with Crippen LogP contribution in [0.3, 0.4) is 0 Å². The third-order valence-corrected chi connectivity index (χ3v) is 5.53. The average molecular weight is 443 g/mol. The van der Waals surface area contributed by atoms with Crippen LogP contribution >= 0.6 is 0 Å². The average Bonchev–Trinajstić information content (AvgIpc) is 2.74. The lowest BCUT2D eigenvalue weighted by Gasteiger charge is -2.33. The van der Waals surface area contributed by atoms with Crippen molar-refractivity contribution in [2.75, 3.05) is 45.9 Å². The topological polar surface area (TPSA) is 71.1 Å². The summed E-state index contributed by atoms with van der Waals surface area (Å²) < 4.78 is 47.0. The summed E-state index contributed by atoms with van der Waals surface area (Å²) in [5.74, 6) is -0.946. The molecule has 0 spiro atoms. The number of carbonyl (C=O) groups is 2. The Bertz CT molecular complexity index is 754. The van der Waals surface area contributed by atoms with Crippen molar-refractivity contribution in [3.05, 3.63) is 29.8 Å². The predicted molar refractivity (Wildman–Crippen MR) is 106 cm³/mol. The highest BCUT2D eigenvalue weighted by Crippen LogP contribution is 2.26. The smallest absolute Gasteiger partial charge is 0.405 e. The number of likely N-dealkylation sites (tertiary alicyclic amines) is 1. The molecule has 3 rings (SSSR count). The highest BCUT2D eigenvalue weighted by atomic mass is 19.4. The molecule has 0 aromatic heterocycles. The van der Waals surface area contributed by atoms with Crippen molar-refractivity contribution in [1.82, 2.24) is 15.1 Å². The summed E-state index contributed by atoms with van der Waals surface area (Å²) in [4.78, 5) is 28.9. The number of nitrogens with one attached hydrogen (secondary N) is 1. The number of rotatable bonds is 8. The Balaban J connectivity index is 1.47. The molecule has 31 heavy (non-hydrogen) atoms. The van der Waals surface area contributed by atoms with E-state index in [1.54, 1.807) is 11.0 Å². The Morgan fingerprint density at radius 1 is 1.19 bits per heavy atom. The largest absolute Gasteiger partial charge is 0.573 e. The lowest BCUT2D eigenvalue weighted by molar-refractivity contribution is -0.274. The van der Waals surface area contributed by atoms with Crippen molar-refractivity contribution < 1.29 is 32.2 Å². The van der Waals surface area contributed by atoms with E-state index in [0.717, 1.165) is 39.3 Å². The molecule has 1 N–H and O–H groups in total. The SMILES string of the molecule is O=C(NCc1ccccc1OC(F)(F)F)[C@@H]1CCC(=O)N(CCCN2CCOCC2)C1. The standard InChI is InChI=1S/C21H28F3N3O4/c22-21(23,24)31-18-5-2-1-4-16(18)14-25-20(29)17-6-7-19(28)27(15-17)9-3-8-26-10-12-30-13-11-26/h1-2,4-5,17H,3,6-15H2,(H,25,29)/t17-/m1/s1. The summed E-state index contributed by atoms with van der Waals surface area (Å²) in [7, 11) is 0. The van der Waals surface area contributed by atoms with Crippen LogP contribution in [0.4, 0.5) is 13.2 Å². The van der Waals surface area contributed by atoms with E-state index in [-0.39, 0.29) is 35.6 Å². The van der Waals surface area contributed by atoms with Crippen LogP contribution in [0.25, 0.3) is 0 Å². The van der Waals surface area contributed by atoms with Gasteiger partial charge in [0.25, 0.3) is 0 Å². The molecule has 2 amide bonds. The van der Waals surface area contributed by atoms with Crippen molar-refractivity contribution in [3.63, 3.8) is 0 Å². The first-order valence-corrected chi connectivity index (χ1v) is 10.5. The number of nitrogens with zero attached hydrogens (tertiary/aromatic N) is 2.